The molecule has 1 fully saturated rings. The first-order valence-corrected chi connectivity index (χ1v) is 8.22. The molecule has 1 atom stereocenters. The molecule has 1 saturated heterocycles. The van der Waals surface area contributed by atoms with Crippen LogP contribution in [0.5, 0.6) is 0 Å². The van der Waals surface area contributed by atoms with Crippen LogP contribution in [0.15, 0.2) is 11.0 Å². The van der Waals surface area contributed by atoms with Crippen LogP contribution in [0.4, 0.5) is 0 Å². The van der Waals surface area contributed by atoms with Crippen LogP contribution in [0.1, 0.15) is 12.8 Å². The monoisotopic (exact) mass is 314 g/mol. The zero-order chi connectivity index (χ0) is 12.5. The molecule has 1 aromatic heterocycles. The van der Waals surface area contributed by atoms with Crippen LogP contribution < -0.4 is 10.0 Å². The highest BCUT2D eigenvalue weighted by Gasteiger charge is 2.23. The topological polar surface area (TPSA) is 58.2 Å². The molecular weight excluding hydrogens is 303 g/mol. The molecule has 1 aliphatic rings. The van der Waals surface area contributed by atoms with Gasteiger partial charge in [-0.2, -0.15) is 0 Å². The molecule has 4 nitrogen and oxygen atoms in total. The lowest BCUT2D eigenvalue weighted by molar-refractivity contribution is 0.552. The van der Waals surface area contributed by atoms with Crippen molar-refractivity contribution in [1.29, 1.82) is 0 Å². The van der Waals surface area contributed by atoms with E-state index >= 15 is 0 Å². The summed E-state index contributed by atoms with van der Waals surface area (Å²) >= 11 is 12.6. The van der Waals surface area contributed by atoms with Crippen LogP contribution in [-0.4, -0.2) is 27.5 Å². The SMILES string of the molecule is O=S(=O)(NCC1CCCN1)c1cc(Cl)sc1Cl. The fraction of sp³-hybridized carbons (Fsp3) is 0.556. The van der Waals surface area contributed by atoms with Crippen molar-refractivity contribution >= 4 is 44.6 Å². The van der Waals surface area contributed by atoms with Gasteiger partial charge in [0.2, 0.25) is 10.0 Å². The minimum absolute atomic E-state index is 0.0622. The average Bonchev–Trinajstić information content (AvgIpc) is 2.85. The number of sulfonamides is 1. The molecule has 0 bridgehead atoms. The van der Waals surface area contributed by atoms with Gasteiger partial charge >= 0.3 is 0 Å². The van der Waals surface area contributed by atoms with E-state index in [4.69, 9.17) is 23.2 Å². The summed E-state index contributed by atoms with van der Waals surface area (Å²) < 4.78 is 27.0. The van der Waals surface area contributed by atoms with Gasteiger partial charge < -0.3 is 5.32 Å². The van der Waals surface area contributed by atoms with E-state index in [1.54, 1.807) is 0 Å². The molecule has 0 aliphatic carbocycles. The smallest absolute Gasteiger partial charge is 0.243 e. The Morgan fingerprint density at radius 2 is 2.29 bits per heavy atom. The minimum Gasteiger partial charge on any atom is -0.313 e. The Labute approximate surface area is 114 Å². The van der Waals surface area contributed by atoms with Gasteiger partial charge in [-0.05, 0) is 25.5 Å². The van der Waals surface area contributed by atoms with Crippen molar-refractivity contribution in [2.75, 3.05) is 13.1 Å². The molecule has 8 heteroatoms. The second-order valence-corrected chi connectivity index (χ2v) is 7.85. The highest BCUT2D eigenvalue weighted by Crippen LogP contribution is 2.34. The van der Waals surface area contributed by atoms with Gasteiger partial charge in [-0.25, -0.2) is 13.1 Å². The van der Waals surface area contributed by atoms with Crippen molar-refractivity contribution < 1.29 is 8.42 Å². The van der Waals surface area contributed by atoms with Crippen molar-refractivity contribution in [3.63, 3.8) is 0 Å². The van der Waals surface area contributed by atoms with Crippen LogP contribution in [0.25, 0.3) is 0 Å². The molecule has 2 N–H and O–H groups in total. The molecule has 1 unspecified atom stereocenters. The fourth-order valence-electron chi connectivity index (χ4n) is 1.73. The van der Waals surface area contributed by atoms with Crippen molar-refractivity contribution in [3.8, 4) is 0 Å². The highest BCUT2D eigenvalue weighted by molar-refractivity contribution is 7.89. The number of hydrogen-bond donors (Lipinski definition) is 2. The number of nitrogens with one attached hydrogen (secondary N) is 2. The van der Waals surface area contributed by atoms with Crippen molar-refractivity contribution in [2.45, 2.75) is 23.8 Å². The summed E-state index contributed by atoms with van der Waals surface area (Å²) in [4.78, 5) is 0.0622. The fourth-order valence-corrected chi connectivity index (χ4v) is 4.96. The number of halogens is 2. The molecule has 0 radical (unpaired) electrons. The Morgan fingerprint density at radius 1 is 1.53 bits per heavy atom. The summed E-state index contributed by atoms with van der Waals surface area (Å²) in [6.45, 7) is 1.32. The lowest BCUT2D eigenvalue weighted by atomic mass is 10.2. The maximum atomic E-state index is 11.9. The first-order valence-electron chi connectivity index (χ1n) is 5.17. The molecular formula is C9H12Cl2N2O2S2. The Balaban J connectivity index is 2.05. The third-order valence-corrected chi connectivity index (χ3v) is 5.77. The standard InChI is InChI=1S/C9H12Cl2N2O2S2/c10-8-4-7(9(11)16-8)17(14,15)13-5-6-2-1-3-12-6/h4,6,12-13H,1-3,5H2. The van der Waals surface area contributed by atoms with E-state index in [-0.39, 0.29) is 15.3 Å². The van der Waals surface area contributed by atoms with Gasteiger partial charge in [0, 0.05) is 12.6 Å². The zero-order valence-corrected chi connectivity index (χ0v) is 12.0. The summed E-state index contributed by atoms with van der Waals surface area (Å²) in [5.74, 6) is 0. The molecule has 2 heterocycles. The third kappa shape index (κ3) is 3.33. The molecule has 1 aliphatic heterocycles. The molecule has 0 amide bonds. The summed E-state index contributed by atoms with van der Waals surface area (Å²) in [5, 5.41) is 3.22. The molecule has 17 heavy (non-hydrogen) atoms. The quantitative estimate of drug-likeness (QED) is 0.894. The van der Waals surface area contributed by atoms with E-state index < -0.39 is 10.0 Å². The second kappa shape index (κ2) is 5.42. The predicted octanol–water partition coefficient (Wildman–Crippen LogP) is 2.09. The molecule has 2 rings (SSSR count). The third-order valence-electron chi connectivity index (χ3n) is 2.60. The predicted molar refractivity (Wildman–Crippen MR) is 70.6 cm³/mol. The maximum absolute atomic E-state index is 11.9. The average molecular weight is 315 g/mol. The summed E-state index contributed by atoms with van der Waals surface area (Å²) in [5.41, 5.74) is 0. The van der Waals surface area contributed by atoms with Crippen LogP contribution in [0.3, 0.4) is 0 Å². The summed E-state index contributed by atoms with van der Waals surface area (Å²) in [6.07, 6.45) is 2.07. The molecule has 96 valence electrons. The van der Waals surface area contributed by atoms with Gasteiger partial charge in [-0.15, -0.1) is 11.3 Å². The normalized spacial score (nSPS) is 20.9. The molecule has 0 spiro atoms. The minimum atomic E-state index is -3.55. The van der Waals surface area contributed by atoms with E-state index in [9.17, 15) is 8.42 Å². The van der Waals surface area contributed by atoms with Gasteiger partial charge in [0.05, 0.1) is 4.34 Å². The number of rotatable bonds is 4. The zero-order valence-electron chi connectivity index (χ0n) is 8.87. The summed E-state index contributed by atoms with van der Waals surface area (Å²) in [6, 6.07) is 1.58. The molecule has 0 aromatic carbocycles. The van der Waals surface area contributed by atoms with Crippen LogP contribution >= 0.6 is 34.5 Å². The van der Waals surface area contributed by atoms with E-state index in [2.05, 4.69) is 10.0 Å². The Hall–Kier alpha value is 0.150. The molecule has 1 aromatic rings. The Bertz CT molecular complexity index is 495. The lowest BCUT2D eigenvalue weighted by Crippen LogP contribution is -2.37. The number of thiophene rings is 1. The van der Waals surface area contributed by atoms with Gasteiger partial charge in [0.15, 0.2) is 0 Å². The van der Waals surface area contributed by atoms with Gasteiger partial charge in [-0.1, -0.05) is 23.2 Å². The summed E-state index contributed by atoms with van der Waals surface area (Å²) in [7, 11) is -3.55. The van der Waals surface area contributed by atoms with Gasteiger partial charge in [-0.3, -0.25) is 0 Å². The lowest BCUT2D eigenvalue weighted by Gasteiger charge is -2.11. The van der Waals surface area contributed by atoms with E-state index in [0.717, 1.165) is 30.7 Å². The Morgan fingerprint density at radius 3 is 2.82 bits per heavy atom. The van der Waals surface area contributed by atoms with E-state index in [0.29, 0.717) is 10.9 Å². The first kappa shape index (κ1) is 13.6. The largest absolute Gasteiger partial charge is 0.313 e. The Kier molecular flexibility index (Phi) is 4.33. The second-order valence-electron chi connectivity index (χ2n) is 3.83. The maximum Gasteiger partial charge on any atom is 0.243 e. The first-order chi connectivity index (χ1) is 7.99. The highest BCUT2D eigenvalue weighted by atomic mass is 35.5. The van der Waals surface area contributed by atoms with Crippen molar-refractivity contribution in [3.05, 3.63) is 14.7 Å². The molecule has 0 saturated carbocycles. The van der Waals surface area contributed by atoms with Crippen molar-refractivity contribution in [1.82, 2.24) is 10.0 Å². The van der Waals surface area contributed by atoms with Crippen molar-refractivity contribution in [2.24, 2.45) is 0 Å². The van der Waals surface area contributed by atoms with Gasteiger partial charge in [0.1, 0.15) is 9.23 Å². The van der Waals surface area contributed by atoms with Gasteiger partial charge in [0.25, 0.3) is 0 Å². The van der Waals surface area contributed by atoms with E-state index in [1.165, 1.54) is 6.07 Å². The van der Waals surface area contributed by atoms with Crippen LogP contribution in [-0.2, 0) is 10.0 Å². The van der Waals surface area contributed by atoms with E-state index in [1.807, 2.05) is 0 Å². The number of hydrogen-bond acceptors (Lipinski definition) is 4. The van der Waals surface area contributed by atoms with Crippen LogP contribution in [0, 0.1) is 0 Å². The van der Waals surface area contributed by atoms with Crippen LogP contribution in [0.2, 0.25) is 8.67 Å².